The Labute approximate surface area is 126 Å². The number of ether oxygens (including phenoxy) is 1. The fourth-order valence-electron chi connectivity index (χ4n) is 1.58. The highest BCUT2D eigenvalue weighted by molar-refractivity contribution is 7.99. The molecule has 21 heavy (non-hydrogen) atoms. The summed E-state index contributed by atoms with van der Waals surface area (Å²) < 4.78 is 4.88. The summed E-state index contributed by atoms with van der Waals surface area (Å²) in [6.07, 6.45) is 1.61. The Bertz CT molecular complexity index is 632. The Morgan fingerprint density at radius 3 is 2.67 bits per heavy atom. The van der Waals surface area contributed by atoms with Crippen LogP contribution in [0.1, 0.15) is 17.3 Å². The number of nitrogens with zero attached hydrogens (tertiary/aromatic N) is 1. The van der Waals surface area contributed by atoms with Crippen molar-refractivity contribution in [2.45, 2.75) is 11.8 Å². The molecule has 0 saturated carbocycles. The van der Waals surface area contributed by atoms with Crippen molar-refractivity contribution < 1.29 is 14.3 Å². The lowest BCUT2D eigenvalue weighted by Gasteiger charge is -2.09. The van der Waals surface area contributed by atoms with Crippen molar-refractivity contribution in [2.24, 2.45) is 0 Å². The topological polar surface area (TPSA) is 68.3 Å². The van der Waals surface area contributed by atoms with Crippen LogP contribution in [0.15, 0.2) is 53.6 Å². The van der Waals surface area contributed by atoms with Gasteiger partial charge in [0.25, 0.3) is 5.91 Å². The molecule has 6 heteroatoms. The van der Waals surface area contributed by atoms with Crippen molar-refractivity contribution in [2.75, 3.05) is 11.3 Å². The predicted octanol–water partition coefficient (Wildman–Crippen LogP) is 2.95. The number of esters is 1. The minimum Gasteiger partial charge on any atom is -0.454 e. The third-order valence-electron chi connectivity index (χ3n) is 2.51. The summed E-state index contributed by atoms with van der Waals surface area (Å²) in [4.78, 5) is 27.8. The number of amides is 1. The number of benzene rings is 1. The van der Waals surface area contributed by atoms with Gasteiger partial charge in [0.2, 0.25) is 0 Å². The number of carbonyl (C=O) groups excluding carboxylic acids is 2. The second kappa shape index (κ2) is 7.44. The van der Waals surface area contributed by atoms with E-state index in [1.54, 1.807) is 36.5 Å². The van der Waals surface area contributed by atoms with E-state index in [2.05, 4.69) is 10.3 Å². The molecule has 0 bridgehead atoms. The average Bonchev–Trinajstić information content (AvgIpc) is 2.48. The van der Waals surface area contributed by atoms with Crippen molar-refractivity contribution >= 4 is 29.5 Å². The average molecular weight is 302 g/mol. The van der Waals surface area contributed by atoms with Crippen LogP contribution in [-0.2, 0) is 9.53 Å². The Morgan fingerprint density at radius 1 is 1.19 bits per heavy atom. The van der Waals surface area contributed by atoms with Crippen LogP contribution in [0, 0.1) is 0 Å². The molecule has 1 amide bonds. The van der Waals surface area contributed by atoms with Crippen molar-refractivity contribution in [1.82, 2.24) is 4.98 Å². The number of hydrogen-bond donors (Lipinski definition) is 1. The van der Waals surface area contributed by atoms with Crippen LogP contribution >= 0.6 is 11.8 Å². The Hall–Kier alpha value is -2.34. The molecule has 5 nitrogen and oxygen atoms in total. The molecule has 0 radical (unpaired) electrons. The third-order valence-corrected chi connectivity index (χ3v) is 3.42. The van der Waals surface area contributed by atoms with Gasteiger partial charge < -0.3 is 10.1 Å². The van der Waals surface area contributed by atoms with Crippen molar-refractivity contribution in [3.05, 3.63) is 54.2 Å². The summed E-state index contributed by atoms with van der Waals surface area (Å²) in [5.74, 6) is 0.0586. The SMILES string of the molecule is CC(=O)OCSc1ccccc1C(=O)Nc1ccccn1. The van der Waals surface area contributed by atoms with E-state index >= 15 is 0 Å². The van der Waals surface area contributed by atoms with E-state index in [9.17, 15) is 9.59 Å². The smallest absolute Gasteiger partial charge is 0.303 e. The second-order valence-electron chi connectivity index (χ2n) is 4.06. The quantitative estimate of drug-likeness (QED) is 0.522. The lowest BCUT2D eigenvalue weighted by molar-refractivity contribution is -0.138. The molecule has 108 valence electrons. The summed E-state index contributed by atoms with van der Waals surface area (Å²) in [6.45, 7) is 1.35. The number of hydrogen-bond acceptors (Lipinski definition) is 5. The first kappa shape index (κ1) is 15.1. The Morgan fingerprint density at radius 2 is 1.95 bits per heavy atom. The fraction of sp³-hybridized carbons (Fsp3) is 0.133. The normalized spacial score (nSPS) is 9.95. The molecule has 0 atom stereocenters. The van der Waals surface area contributed by atoms with Crippen LogP contribution in [0.3, 0.4) is 0 Å². The van der Waals surface area contributed by atoms with Crippen LogP contribution in [0.25, 0.3) is 0 Å². The minimum absolute atomic E-state index is 0.170. The van der Waals surface area contributed by atoms with Gasteiger partial charge in [0.15, 0.2) is 0 Å². The Kier molecular flexibility index (Phi) is 5.34. The van der Waals surface area contributed by atoms with Crippen LogP contribution in [-0.4, -0.2) is 22.8 Å². The molecule has 0 aliphatic rings. The Balaban J connectivity index is 2.08. The van der Waals surface area contributed by atoms with Gasteiger partial charge in [0.05, 0.1) is 5.56 Å². The van der Waals surface area contributed by atoms with Crippen LogP contribution in [0.4, 0.5) is 5.82 Å². The molecule has 2 rings (SSSR count). The summed E-state index contributed by atoms with van der Waals surface area (Å²) in [7, 11) is 0. The molecule has 0 saturated heterocycles. The van der Waals surface area contributed by atoms with Gasteiger partial charge in [-0.1, -0.05) is 30.0 Å². The summed E-state index contributed by atoms with van der Waals surface area (Å²) in [6, 6.07) is 12.4. The molecule has 1 N–H and O–H groups in total. The van der Waals surface area contributed by atoms with E-state index in [1.807, 2.05) is 12.1 Å². The van der Waals surface area contributed by atoms with E-state index in [1.165, 1.54) is 18.7 Å². The van der Waals surface area contributed by atoms with Crippen molar-refractivity contribution in [1.29, 1.82) is 0 Å². The van der Waals surface area contributed by atoms with E-state index in [0.717, 1.165) is 4.90 Å². The molecule has 0 unspecified atom stereocenters. The highest BCUT2D eigenvalue weighted by atomic mass is 32.2. The molecule has 0 spiro atoms. The number of anilines is 1. The predicted molar refractivity (Wildman–Crippen MR) is 81.1 cm³/mol. The zero-order chi connectivity index (χ0) is 15.1. The number of carbonyl (C=O) groups is 2. The number of rotatable bonds is 5. The maximum Gasteiger partial charge on any atom is 0.303 e. The van der Waals surface area contributed by atoms with Gasteiger partial charge in [-0.05, 0) is 24.3 Å². The van der Waals surface area contributed by atoms with Crippen molar-refractivity contribution in [3.8, 4) is 0 Å². The number of nitrogens with one attached hydrogen (secondary N) is 1. The molecule has 0 aliphatic heterocycles. The molecular formula is C15H14N2O3S. The molecule has 0 aliphatic carbocycles. The summed E-state index contributed by atoms with van der Waals surface area (Å²) >= 11 is 1.29. The van der Waals surface area contributed by atoms with Crippen molar-refractivity contribution in [3.63, 3.8) is 0 Å². The second-order valence-corrected chi connectivity index (χ2v) is 5.03. The van der Waals surface area contributed by atoms with Gasteiger partial charge in [-0.3, -0.25) is 9.59 Å². The maximum atomic E-state index is 12.3. The maximum absolute atomic E-state index is 12.3. The summed E-state index contributed by atoms with van der Waals surface area (Å²) in [5.41, 5.74) is 0.514. The largest absolute Gasteiger partial charge is 0.454 e. The first-order valence-electron chi connectivity index (χ1n) is 6.24. The van der Waals surface area contributed by atoms with Crippen LogP contribution in [0.5, 0.6) is 0 Å². The first-order valence-corrected chi connectivity index (χ1v) is 7.23. The zero-order valence-corrected chi connectivity index (χ0v) is 12.2. The summed E-state index contributed by atoms with van der Waals surface area (Å²) in [5, 5.41) is 2.73. The minimum atomic E-state index is -0.349. The highest BCUT2D eigenvalue weighted by Gasteiger charge is 2.12. The first-order chi connectivity index (χ1) is 10.2. The van der Waals surface area contributed by atoms with E-state index in [0.29, 0.717) is 11.4 Å². The molecule has 1 aromatic heterocycles. The molecule has 0 fully saturated rings. The van der Waals surface area contributed by atoms with Gasteiger partial charge in [-0.25, -0.2) is 4.98 Å². The lowest BCUT2D eigenvalue weighted by atomic mass is 10.2. The highest BCUT2D eigenvalue weighted by Crippen LogP contribution is 2.23. The van der Waals surface area contributed by atoms with Gasteiger partial charge in [0, 0.05) is 18.0 Å². The van der Waals surface area contributed by atoms with Gasteiger partial charge in [0.1, 0.15) is 11.8 Å². The molecule has 1 heterocycles. The monoisotopic (exact) mass is 302 g/mol. The van der Waals surface area contributed by atoms with E-state index in [-0.39, 0.29) is 17.8 Å². The number of aromatic nitrogens is 1. The van der Waals surface area contributed by atoms with Crippen LogP contribution < -0.4 is 5.32 Å². The molecular weight excluding hydrogens is 288 g/mol. The van der Waals surface area contributed by atoms with Gasteiger partial charge in [-0.2, -0.15) is 0 Å². The zero-order valence-electron chi connectivity index (χ0n) is 11.4. The standard InChI is InChI=1S/C15H14N2O3S/c1-11(18)20-10-21-13-7-3-2-6-12(13)15(19)17-14-8-4-5-9-16-14/h2-9H,10H2,1H3,(H,16,17,19). The third kappa shape index (κ3) is 4.61. The van der Waals surface area contributed by atoms with Gasteiger partial charge >= 0.3 is 5.97 Å². The fourth-order valence-corrected chi connectivity index (χ4v) is 2.42. The molecule has 2 aromatic rings. The van der Waals surface area contributed by atoms with Gasteiger partial charge in [-0.15, -0.1) is 0 Å². The van der Waals surface area contributed by atoms with E-state index in [4.69, 9.17) is 4.74 Å². The molecule has 1 aromatic carbocycles. The van der Waals surface area contributed by atoms with Crippen LogP contribution in [0.2, 0.25) is 0 Å². The number of pyridine rings is 1. The van der Waals surface area contributed by atoms with E-state index < -0.39 is 0 Å². The lowest BCUT2D eigenvalue weighted by Crippen LogP contribution is -2.14. The number of thioether (sulfide) groups is 1.